The zero-order chi connectivity index (χ0) is 9.42. The third-order valence-corrected chi connectivity index (χ3v) is 2.43. The molecule has 0 saturated heterocycles. The van der Waals surface area contributed by atoms with E-state index in [9.17, 15) is 4.79 Å². The Hall–Kier alpha value is -1.06. The zero-order valence-electron chi connectivity index (χ0n) is 6.37. The number of pyridine rings is 2. The molecule has 3 nitrogen and oxygen atoms in total. The largest absolute Gasteiger partial charge is 0.275 e. The molecule has 2 rings (SSSR count). The quantitative estimate of drug-likeness (QED) is 0.630. The summed E-state index contributed by atoms with van der Waals surface area (Å²) < 4.78 is 0.867. The van der Waals surface area contributed by atoms with Crippen LogP contribution in [0.2, 0.25) is 5.15 Å². The minimum absolute atomic E-state index is 0.199. The van der Waals surface area contributed by atoms with Crippen LogP contribution in [0, 0.1) is 0 Å². The van der Waals surface area contributed by atoms with Crippen molar-refractivity contribution in [2.45, 2.75) is 0 Å². The molecule has 2 heterocycles. The molecule has 13 heavy (non-hydrogen) atoms. The fourth-order valence-corrected chi connectivity index (χ4v) is 1.43. The van der Waals surface area contributed by atoms with Gasteiger partial charge in [0.05, 0.1) is 5.39 Å². The third kappa shape index (κ3) is 1.30. The Bertz CT molecular complexity index is 521. The fourth-order valence-electron chi connectivity index (χ4n) is 1.10. The maximum Gasteiger partial charge on any atom is 0.275 e. The molecule has 0 bridgehead atoms. The lowest BCUT2D eigenvalue weighted by molar-refractivity contribution is 1.15. The van der Waals surface area contributed by atoms with E-state index in [0.29, 0.717) is 5.39 Å². The maximum absolute atomic E-state index is 11.5. The van der Waals surface area contributed by atoms with E-state index in [4.69, 9.17) is 23.4 Å². The van der Waals surface area contributed by atoms with Crippen LogP contribution in [-0.2, 0) is 0 Å². The highest BCUT2D eigenvalue weighted by Crippen LogP contribution is 2.15. The lowest BCUT2D eigenvalue weighted by atomic mass is 10.2. The van der Waals surface area contributed by atoms with Gasteiger partial charge < -0.3 is 0 Å². The molecule has 0 aliphatic rings. The van der Waals surface area contributed by atoms with Gasteiger partial charge in [-0.3, -0.25) is 9.78 Å². The summed E-state index contributed by atoms with van der Waals surface area (Å²) in [4.78, 5) is 15.3. The van der Waals surface area contributed by atoms with Crippen LogP contribution in [0.3, 0.4) is 0 Å². The smallest absolute Gasteiger partial charge is 0.267 e. The Morgan fingerprint density at radius 1 is 1.46 bits per heavy atom. The van der Waals surface area contributed by atoms with E-state index in [-0.39, 0.29) is 10.7 Å². The first-order chi connectivity index (χ1) is 6.20. The average molecular weight is 215 g/mol. The molecular weight excluding hydrogens is 211 g/mol. The van der Waals surface area contributed by atoms with Crippen LogP contribution in [0.25, 0.3) is 10.8 Å². The molecule has 0 atom stereocenters. The predicted molar refractivity (Wildman–Crippen MR) is 52.3 cm³/mol. The zero-order valence-corrected chi connectivity index (χ0v) is 7.88. The van der Waals surface area contributed by atoms with Gasteiger partial charge in [0, 0.05) is 24.2 Å². The number of aromatic nitrogens is 2. The van der Waals surface area contributed by atoms with E-state index in [1.54, 1.807) is 18.3 Å². The van der Waals surface area contributed by atoms with Crippen LogP contribution < -0.4 is 5.56 Å². The van der Waals surface area contributed by atoms with Crippen LogP contribution >= 0.6 is 23.4 Å². The van der Waals surface area contributed by atoms with E-state index in [2.05, 4.69) is 4.98 Å². The molecule has 0 saturated carbocycles. The number of nitrogens with zero attached hydrogens (tertiary/aromatic N) is 2. The summed E-state index contributed by atoms with van der Waals surface area (Å²) in [5.74, 6) is 0. The molecule has 0 N–H and O–H groups in total. The lowest BCUT2D eigenvalue weighted by Crippen LogP contribution is -2.13. The SMILES string of the molecule is O=c1c2cnccc2cc(Cl)n1Cl. The van der Waals surface area contributed by atoms with E-state index in [1.165, 1.54) is 6.20 Å². The summed E-state index contributed by atoms with van der Waals surface area (Å²) in [5, 5.41) is 1.40. The van der Waals surface area contributed by atoms with E-state index < -0.39 is 0 Å². The van der Waals surface area contributed by atoms with Crippen LogP contribution in [0.1, 0.15) is 0 Å². The minimum Gasteiger partial charge on any atom is -0.267 e. The first-order valence-corrected chi connectivity index (χ1v) is 4.23. The van der Waals surface area contributed by atoms with E-state index in [0.717, 1.165) is 9.47 Å². The molecule has 0 amide bonds. The lowest BCUT2D eigenvalue weighted by Gasteiger charge is -2.00. The molecule has 0 spiro atoms. The predicted octanol–water partition coefficient (Wildman–Crippen LogP) is 2.05. The topological polar surface area (TPSA) is 34.9 Å². The molecule has 0 radical (unpaired) electrons. The molecule has 0 aliphatic carbocycles. The summed E-state index contributed by atoms with van der Waals surface area (Å²) >= 11 is 11.3. The van der Waals surface area contributed by atoms with E-state index in [1.807, 2.05) is 0 Å². The van der Waals surface area contributed by atoms with Gasteiger partial charge in [-0.2, -0.15) is 0 Å². The third-order valence-electron chi connectivity index (χ3n) is 1.73. The summed E-state index contributed by atoms with van der Waals surface area (Å²) in [6.07, 6.45) is 3.06. The van der Waals surface area contributed by atoms with Crippen LogP contribution in [0.5, 0.6) is 0 Å². The van der Waals surface area contributed by atoms with Gasteiger partial charge in [0.25, 0.3) is 5.56 Å². The van der Waals surface area contributed by atoms with Gasteiger partial charge in [0.1, 0.15) is 5.15 Å². The van der Waals surface area contributed by atoms with Crippen molar-refractivity contribution in [1.82, 2.24) is 9.07 Å². The number of fused-ring (bicyclic) bond motifs is 1. The first kappa shape index (κ1) is 8.53. The number of rotatable bonds is 0. The van der Waals surface area contributed by atoms with Gasteiger partial charge in [-0.05, 0) is 17.5 Å². The van der Waals surface area contributed by atoms with Gasteiger partial charge in [0.2, 0.25) is 0 Å². The Kier molecular flexibility index (Phi) is 1.98. The molecule has 2 aromatic heterocycles. The molecule has 66 valence electrons. The van der Waals surface area contributed by atoms with Gasteiger partial charge in [0.15, 0.2) is 0 Å². The molecule has 0 unspecified atom stereocenters. The summed E-state index contributed by atoms with van der Waals surface area (Å²) in [7, 11) is 0. The molecule has 0 aromatic carbocycles. The fraction of sp³-hybridized carbons (Fsp3) is 0. The Morgan fingerprint density at radius 3 is 3.00 bits per heavy atom. The van der Waals surface area contributed by atoms with Crippen LogP contribution in [0.4, 0.5) is 0 Å². The standard InChI is InChI=1S/C8H4Cl2N2O/c9-7-3-5-1-2-11-4-6(5)8(13)12(7)10/h1-4H. The Morgan fingerprint density at radius 2 is 2.23 bits per heavy atom. The monoisotopic (exact) mass is 214 g/mol. The van der Waals surface area contributed by atoms with Crippen molar-refractivity contribution < 1.29 is 0 Å². The molecule has 5 heteroatoms. The van der Waals surface area contributed by atoms with Gasteiger partial charge in [-0.15, -0.1) is 0 Å². The van der Waals surface area contributed by atoms with Crippen LogP contribution in [-0.4, -0.2) is 9.07 Å². The minimum atomic E-state index is -0.350. The van der Waals surface area contributed by atoms with Crippen molar-refractivity contribution in [3.8, 4) is 0 Å². The summed E-state index contributed by atoms with van der Waals surface area (Å²) in [6, 6.07) is 3.33. The number of hydrogen-bond acceptors (Lipinski definition) is 2. The summed E-state index contributed by atoms with van der Waals surface area (Å²) in [6.45, 7) is 0. The molecule has 2 aromatic rings. The highest BCUT2D eigenvalue weighted by molar-refractivity contribution is 6.33. The van der Waals surface area contributed by atoms with Gasteiger partial charge in [-0.25, -0.2) is 4.09 Å². The first-order valence-electron chi connectivity index (χ1n) is 3.51. The molecule has 0 aliphatic heterocycles. The van der Waals surface area contributed by atoms with Crippen molar-refractivity contribution in [1.29, 1.82) is 0 Å². The highest BCUT2D eigenvalue weighted by atomic mass is 35.5. The van der Waals surface area contributed by atoms with Crippen molar-refractivity contribution >= 4 is 34.2 Å². The molecule has 0 fully saturated rings. The Labute approximate surface area is 83.6 Å². The van der Waals surface area contributed by atoms with Crippen molar-refractivity contribution in [3.05, 3.63) is 40.0 Å². The average Bonchev–Trinajstić information content (AvgIpc) is 2.15. The van der Waals surface area contributed by atoms with Crippen molar-refractivity contribution in [2.75, 3.05) is 0 Å². The number of halogens is 2. The van der Waals surface area contributed by atoms with Gasteiger partial charge >= 0.3 is 0 Å². The van der Waals surface area contributed by atoms with E-state index >= 15 is 0 Å². The second-order valence-electron chi connectivity index (χ2n) is 2.52. The van der Waals surface area contributed by atoms with Gasteiger partial charge in [-0.1, -0.05) is 11.6 Å². The van der Waals surface area contributed by atoms with Crippen molar-refractivity contribution in [2.24, 2.45) is 0 Å². The number of hydrogen-bond donors (Lipinski definition) is 0. The van der Waals surface area contributed by atoms with Crippen molar-refractivity contribution in [3.63, 3.8) is 0 Å². The maximum atomic E-state index is 11.5. The molecular formula is C8H4Cl2N2O. The second-order valence-corrected chi connectivity index (χ2v) is 3.24. The van der Waals surface area contributed by atoms with Crippen LogP contribution in [0.15, 0.2) is 29.3 Å². The Balaban J connectivity index is 3.03. The normalized spacial score (nSPS) is 10.6. The summed E-state index contributed by atoms with van der Waals surface area (Å²) in [5.41, 5.74) is -0.350. The second kappa shape index (κ2) is 3.01. The highest BCUT2D eigenvalue weighted by Gasteiger charge is 2.04.